The first-order chi connectivity index (χ1) is 25.7. The lowest BCUT2D eigenvalue weighted by Gasteiger charge is -2.18. The molecule has 2 aromatic heterocycles. The van der Waals surface area contributed by atoms with Crippen LogP contribution in [0.3, 0.4) is 0 Å². The summed E-state index contributed by atoms with van der Waals surface area (Å²) in [5, 5.41) is 5.16. The molecule has 248 valence electrons. The molecule has 9 aromatic rings. The molecule has 52 heavy (non-hydrogen) atoms. The number of thiophene rings is 1. The predicted molar refractivity (Wildman–Crippen MR) is 228 cm³/mol. The van der Waals surface area contributed by atoms with Crippen molar-refractivity contribution in [3.63, 3.8) is 0 Å². The molecule has 0 radical (unpaired) electrons. The summed E-state index contributed by atoms with van der Waals surface area (Å²) in [6.07, 6.45) is 10.7. The maximum Gasteiger partial charge on any atom is 0.0541 e. The van der Waals surface area contributed by atoms with E-state index in [-0.39, 0.29) is 0 Å². The predicted octanol–water partition coefficient (Wildman–Crippen LogP) is 14.7. The van der Waals surface area contributed by atoms with Crippen LogP contribution in [0, 0.1) is 0 Å². The van der Waals surface area contributed by atoms with Crippen molar-refractivity contribution in [3.8, 4) is 39.1 Å². The van der Waals surface area contributed by atoms with Gasteiger partial charge in [0.2, 0.25) is 0 Å². The average molecular weight is 684 g/mol. The molecule has 0 amide bonds. The minimum atomic E-state index is 1.15. The third kappa shape index (κ3) is 5.40. The molecule has 0 aliphatic carbocycles. The topological polar surface area (TPSA) is 4.93 Å². The van der Waals surface area contributed by atoms with E-state index in [1.165, 1.54) is 86.5 Å². The Hall–Kier alpha value is -6.22. The molecule has 2 heterocycles. The van der Waals surface area contributed by atoms with Crippen molar-refractivity contribution in [2.75, 3.05) is 0 Å². The normalized spacial score (nSPS) is 12.4. The number of hydrogen-bond donors (Lipinski definition) is 0. The van der Waals surface area contributed by atoms with Gasteiger partial charge in [-0.1, -0.05) is 152 Å². The minimum Gasteiger partial charge on any atom is -0.309 e. The molecular formula is C50H37NS. The second-order valence-electron chi connectivity index (χ2n) is 13.1. The lowest BCUT2D eigenvalue weighted by molar-refractivity contribution is 1.18. The highest BCUT2D eigenvalue weighted by molar-refractivity contribution is 7.26. The van der Waals surface area contributed by atoms with Gasteiger partial charge in [0.25, 0.3) is 0 Å². The monoisotopic (exact) mass is 683 g/mol. The van der Waals surface area contributed by atoms with Crippen LogP contribution in [0.2, 0.25) is 0 Å². The van der Waals surface area contributed by atoms with Crippen molar-refractivity contribution in [2.45, 2.75) is 13.8 Å². The van der Waals surface area contributed by atoms with Gasteiger partial charge in [0.05, 0.1) is 11.0 Å². The van der Waals surface area contributed by atoms with Gasteiger partial charge in [-0.2, -0.15) is 0 Å². The summed E-state index contributed by atoms with van der Waals surface area (Å²) in [5.41, 5.74) is 13.3. The van der Waals surface area contributed by atoms with E-state index in [2.05, 4.69) is 207 Å². The highest BCUT2D eigenvalue weighted by Gasteiger charge is 2.18. The Morgan fingerprint density at radius 3 is 1.94 bits per heavy atom. The second-order valence-corrected chi connectivity index (χ2v) is 14.2. The van der Waals surface area contributed by atoms with Crippen LogP contribution >= 0.6 is 11.3 Å². The van der Waals surface area contributed by atoms with E-state index >= 15 is 0 Å². The zero-order valence-corrected chi connectivity index (χ0v) is 30.1. The summed E-state index contributed by atoms with van der Waals surface area (Å²) in [7, 11) is 0. The van der Waals surface area contributed by atoms with Crippen LogP contribution in [0.25, 0.3) is 86.6 Å². The van der Waals surface area contributed by atoms with Gasteiger partial charge in [-0.3, -0.25) is 0 Å². The van der Waals surface area contributed by atoms with Gasteiger partial charge < -0.3 is 4.57 Å². The molecular weight excluding hydrogens is 647 g/mol. The Labute approximate surface area is 308 Å². The lowest BCUT2D eigenvalue weighted by atomic mass is 9.87. The largest absolute Gasteiger partial charge is 0.309 e. The van der Waals surface area contributed by atoms with Crippen LogP contribution in [-0.2, 0) is 0 Å². The maximum atomic E-state index is 2.42. The average Bonchev–Trinajstić information content (AvgIpc) is 3.76. The van der Waals surface area contributed by atoms with Gasteiger partial charge in [-0.25, -0.2) is 0 Å². The van der Waals surface area contributed by atoms with Crippen LogP contribution < -0.4 is 0 Å². The standard InChI is InChI=1S/C50H37NS/c1-3-5-6-17-34(4-2)38-20-7-8-21-41(38)46-33-36(40-25-16-26-45-44-24-11-14-29-49(44)52-50(40)45)30-31-39(46)35-18-15-19-37(32-35)51-47-27-12-9-22-42(47)43-23-10-13-28-48(43)51/h3-33H,1-2H3/b5-3-,17-6-,34-4-. The summed E-state index contributed by atoms with van der Waals surface area (Å²) in [4.78, 5) is 0. The van der Waals surface area contributed by atoms with Gasteiger partial charge in [-0.05, 0) is 94.8 Å². The number of fused-ring (bicyclic) bond motifs is 6. The number of benzene rings is 7. The molecule has 0 aliphatic rings. The van der Waals surface area contributed by atoms with Gasteiger partial charge in [-0.15, -0.1) is 11.3 Å². The molecule has 1 nitrogen and oxygen atoms in total. The molecule has 9 rings (SSSR count). The van der Waals surface area contributed by atoms with Crippen molar-refractivity contribution in [3.05, 3.63) is 194 Å². The fourth-order valence-corrected chi connectivity index (χ4v) is 8.99. The van der Waals surface area contributed by atoms with Crippen LogP contribution in [0.4, 0.5) is 0 Å². The van der Waals surface area contributed by atoms with Crippen molar-refractivity contribution in [1.29, 1.82) is 0 Å². The third-order valence-electron chi connectivity index (χ3n) is 10.1. The number of para-hydroxylation sites is 2. The van der Waals surface area contributed by atoms with Gasteiger partial charge in [0, 0.05) is 36.6 Å². The van der Waals surface area contributed by atoms with E-state index in [0.717, 1.165) is 5.69 Å². The van der Waals surface area contributed by atoms with Crippen LogP contribution in [-0.4, -0.2) is 4.57 Å². The van der Waals surface area contributed by atoms with E-state index in [4.69, 9.17) is 0 Å². The van der Waals surface area contributed by atoms with Gasteiger partial charge in [0.1, 0.15) is 0 Å². The zero-order chi connectivity index (χ0) is 35.0. The molecule has 0 N–H and O–H groups in total. The summed E-state index contributed by atoms with van der Waals surface area (Å²) in [5.74, 6) is 0. The molecule has 0 saturated carbocycles. The highest BCUT2D eigenvalue weighted by atomic mass is 32.1. The molecule has 0 unspecified atom stereocenters. The molecule has 0 fully saturated rings. The van der Waals surface area contributed by atoms with E-state index in [1.54, 1.807) is 0 Å². The number of aromatic nitrogens is 1. The van der Waals surface area contributed by atoms with Crippen molar-refractivity contribution >= 4 is 58.9 Å². The molecule has 2 heteroatoms. The number of hydrogen-bond acceptors (Lipinski definition) is 1. The van der Waals surface area contributed by atoms with E-state index in [9.17, 15) is 0 Å². The molecule has 0 bridgehead atoms. The first-order valence-electron chi connectivity index (χ1n) is 17.9. The summed E-state index contributed by atoms with van der Waals surface area (Å²) in [6.45, 7) is 4.18. The van der Waals surface area contributed by atoms with E-state index in [0.29, 0.717) is 0 Å². The van der Waals surface area contributed by atoms with Crippen LogP contribution in [0.1, 0.15) is 19.4 Å². The molecule has 0 atom stereocenters. The van der Waals surface area contributed by atoms with Crippen LogP contribution in [0.15, 0.2) is 188 Å². The first-order valence-corrected chi connectivity index (χ1v) is 18.7. The van der Waals surface area contributed by atoms with E-state index in [1.807, 2.05) is 11.3 Å². The zero-order valence-electron chi connectivity index (χ0n) is 29.3. The molecule has 0 spiro atoms. The minimum absolute atomic E-state index is 1.15. The Balaban J connectivity index is 1.28. The molecule has 0 saturated heterocycles. The fraction of sp³-hybridized carbons (Fsp3) is 0.0400. The Bertz CT molecular complexity index is 2820. The van der Waals surface area contributed by atoms with Crippen molar-refractivity contribution in [2.24, 2.45) is 0 Å². The lowest BCUT2D eigenvalue weighted by Crippen LogP contribution is -1.96. The van der Waals surface area contributed by atoms with Gasteiger partial charge >= 0.3 is 0 Å². The Kier molecular flexibility index (Phi) is 8.23. The Morgan fingerprint density at radius 1 is 0.500 bits per heavy atom. The van der Waals surface area contributed by atoms with Gasteiger partial charge in [0.15, 0.2) is 0 Å². The first kappa shape index (κ1) is 31.7. The third-order valence-corrected chi connectivity index (χ3v) is 11.4. The van der Waals surface area contributed by atoms with Crippen LogP contribution in [0.5, 0.6) is 0 Å². The Morgan fingerprint density at radius 2 is 1.15 bits per heavy atom. The van der Waals surface area contributed by atoms with Crippen molar-refractivity contribution < 1.29 is 0 Å². The summed E-state index contributed by atoms with van der Waals surface area (Å²) >= 11 is 1.88. The molecule has 7 aromatic carbocycles. The number of nitrogens with zero attached hydrogens (tertiary/aromatic N) is 1. The molecule has 0 aliphatic heterocycles. The summed E-state index contributed by atoms with van der Waals surface area (Å²) in [6, 6.07) is 57.9. The fourth-order valence-electron chi connectivity index (χ4n) is 7.76. The second kappa shape index (κ2) is 13.5. The number of allylic oxidation sites excluding steroid dienone is 6. The summed E-state index contributed by atoms with van der Waals surface area (Å²) < 4.78 is 5.05. The maximum absolute atomic E-state index is 2.42. The quantitative estimate of drug-likeness (QED) is 0.147. The smallest absolute Gasteiger partial charge is 0.0541 e. The highest BCUT2D eigenvalue weighted by Crippen LogP contribution is 2.44. The SMILES string of the molecule is C\C=C/C=C\C(=C\C)c1ccccc1-c1cc(-c2cccc3c2sc2ccccc23)ccc1-c1cccc(-n2c3ccccc3c3ccccc32)c1. The van der Waals surface area contributed by atoms with E-state index < -0.39 is 0 Å². The van der Waals surface area contributed by atoms with Crippen molar-refractivity contribution in [1.82, 2.24) is 4.57 Å². The number of rotatable bonds is 7.